The van der Waals surface area contributed by atoms with Crippen molar-refractivity contribution in [3.05, 3.63) is 47.1 Å². The van der Waals surface area contributed by atoms with Crippen LogP contribution in [0.15, 0.2) is 36.5 Å². The number of rotatable bonds is 8. The van der Waals surface area contributed by atoms with Gasteiger partial charge in [0.1, 0.15) is 29.5 Å². The molecule has 2 aromatic heterocycles. The van der Waals surface area contributed by atoms with Gasteiger partial charge in [-0.25, -0.2) is 4.98 Å². The molecule has 3 heterocycles. The molecule has 1 aromatic carbocycles. The van der Waals surface area contributed by atoms with Crippen molar-refractivity contribution in [3.63, 3.8) is 0 Å². The van der Waals surface area contributed by atoms with Crippen molar-refractivity contribution in [3.8, 4) is 5.88 Å². The molecular weight excluding hydrogens is 499 g/mol. The Balaban J connectivity index is 1.63. The summed E-state index contributed by atoms with van der Waals surface area (Å²) in [5, 5.41) is 7.44. The zero-order valence-corrected chi connectivity index (χ0v) is 22.5. The number of piperidine rings is 1. The Morgan fingerprint density at radius 3 is 2.50 bits per heavy atom. The SMILES string of the molecule is CCc1cc(Nc2ncc(Cl)c(Nc3ccccc3P(C)(C)=O)n2)c(OC)nc1N1CCC(=O)CC1. The number of aryl methyl sites for hydroxylation is 1. The predicted octanol–water partition coefficient (Wildman–Crippen LogP) is 5.00. The molecule has 0 unspecified atom stereocenters. The number of benzene rings is 1. The minimum Gasteiger partial charge on any atom is -0.479 e. The molecule has 3 aromatic rings. The number of nitrogens with one attached hydrogen (secondary N) is 2. The van der Waals surface area contributed by atoms with Crippen LogP contribution in [-0.4, -0.2) is 54.3 Å². The average Bonchev–Trinajstić information content (AvgIpc) is 2.86. The van der Waals surface area contributed by atoms with Crippen molar-refractivity contribution in [2.24, 2.45) is 0 Å². The number of para-hydroxylation sites is 1. The molecule has 1 aliphatic rings. The number of carbonyl (C=O) groups is 1. The molecule has 0 saturated carbocycles. The van der Waals surface area contributed by atoms with Gasteiger partial charge in [-0.3, -0.25) is 4.79 Å². The molecule has 1 aliphatic heterocycles. The van der Waals surface area contributed by atoms with Gasteiger partial charge in [0.15, 0.2) is 5.82 Å². The lowest BCUT2D eigenvalue weighted by Crippen LogP contribution is -2.35. The summed E-state index contributed by atoms with van der Waals surface area (Å²) in [5.74, 6) is 2.19. The molecule has 1 fully saturated rings. The molecule has 190 valence electrons. The van der Waals surface area contributed by atoms with E-state index in [2.05, 4.69) is 32.4 Å². The van der Waals surface area contributed by atoms with E-state index in [0.717, 1.165) is 17.8 Å². The predicted molar refractivity (Wildman–Crippen MR) is 146 cm³/mol. The van der Waals surface area contributed by atoms with E-state index in [1.54, 1.807) is 20.4 Å². The minimum absolute atomic E-state index is 0.280. The van der Waals surface area contributed by atoms with Crippen molar-refractivity contribution >= 4 is 58.8 Å². The van der Waals surface area contributed by atoms with Crippen molar-refractivity contribution in [2.45, 2.75) is 26.2 Å². The second-order valence-electron chi connectivity index (χ2n) is 8.92. The van der Waals surface area contributed by atoms with Crippen LogP contribution >= 0.6 is 18.7 Å². The maximum atomic E-state index is 12.8. The van der Waals surface area contributed by atoms with Crippen LogP contribution in [0.1, 0.15) is 25.3 Å². The van der Waals surface area contributed by atoms with Crippen molar-refractivity contribution in [1.82, 2.24) is 15.0 Å². The van der Waals surface area contributed by atoms with Gasteiger partial charge in [0.25, 0.3) is 0 Å². The molecule has 0 radical (unpaired) electrons. The largest absolute Gasteiger partial charge is 0.479 e. The standard InChI is InChI=1S/C25H30ClN6O3P/c1-5-16-14-20(24(35-2)31-23(16)32-12-10-17(33)11-13-32)29-25-27-15-18(26)22(30-25)28-19-8-6-7-9-21(19)36(3,4)34/h6-9,14-15H,5,10-13H2,1-4H3,(H2,27,28,29,30). The number of ether oxygens (including phenoxy) is 1. The summed E-state index contributed by atoms with van der Waals surface area (Å²) in [7, 11) is -0.968. The molecule has 0 spiro atoms. The topological polar surface area (TPSA) is 109 Å². The van der Waals surface area contributed by atoms with Gasteiger partial charge in [-0.1, -0.05) is 30.7 Å². The van der Waals surface area contributed by atoms with E-state index in [1.165, 1.54) is 6.20 Å². The number of methoxy groups -OCH3 is 1. The summed E-state index contributed by atoms with van der Waals surface area (Å²) in [4.78, 5) is 27.4. The lowest BCUT2D eigenvalue weighted by Gasteiger charge is -2.29. The monoisotopic (exact) mass is 528 g/mol. The molecule has 0 aliphatic carbocycles. The number of hydrogen-bond donors (Lipinski definition) is 2. The molecule has 9 nitrogen and oxygen atoms in total. The molecule has 0 bridgehead atoms. The van der Waals surface area contributed by atoms with Crippen LogP contribution < -0.4 is 25.6 Å². The fourth-order valence-corrected chi connectivity index (χ4v) is 5.38. The number of aromatic nitrogens is 3. The minimum atomic E-state index is -2.53. The fourth-order valence-electron chi connectivity index (χ4n) is 4.09. The Hall–Kier alpha value is -3.16. The fraction of sp³-hybridized carbons (Fsp3) is 0.360. The second kappa shape index (κ2) is 10.8. The van der Waals surface area contributed by atoms with Gasteiger partial charge in [-0.2, -0.15) is 9.97 Å². The summed E-state index contributed by atoms with van der Waals surface area (Å²) in [6, 6.07) is 9.36. The number of nitrogens with zero attached hydrogens (tertiary/aromatic N) is 4. The third-order valence-electron chi connectivity index (χ3n) is 5.97. The van der Waals surface area contributed by atoms with E-state index in [0.29, 0.717) is 65.3 Å². The Kier molecular flexibility index (Phi) is 7.81. The first kappa shape index (κ1) is 25.9. The quantitative estimate of drug-likeness (QED) is 0.390. The molecule has 11 heteroatoms. The van der Waals surface area contributed by atoms with Crippen LogP contribution in [0.4, 0.5) is 29.0 Å². The Labute approximate surface area is 216 Å². The molecule has 1 saturated heterocycles. The van der Waals surface area contributed by atoms with Gasteiger partial charge in [-0.15, -0.1) is 0 Å². The summed E-state index contributed by atoms with van der Waals surface area (Å²) in [5.41, 5.74) is 2.32. The van der Waals surface area contributed by atoms with Gasteiger partial charge >= 0.3 is 0 Å². The number of ketones is 1. The van der Waals surface area contributed by atoms with E-state index < -0.39 is 7.14 Å². The molecule has 2 N–H and O–H groups in total. The molecule has 36 heavy (non-hydrogen) atoms. The molecule has 0 atom stereocenters. The molecular formula is C25H30ClN6O3P. The summed E-state index contributed by atoms with van der Waals surface area (Å²) >= 11 is 6.39. The van der Waals surface area contributed by atoms with E-state index in [4.69, 9.17) is 21.3 Å². The summed E-state index contributed by atoms with van der Waals surface area (Å²) in [6.07, 6.45) is 3.30. The van der Waals surface area contributed by atoms with Gasteiger partial charge < -0.3 is 24.8 Å². The van der Waals surface area contributed by atoms with Crippen LogP contribution in [0.25, 0.3) is 0 Å². The molecule has 0 amide bonds. The van der Waals surface area contributed by atoms with Crippen LogP contribution in [0, 0.1) is 0 Å². The van der Waals surface area contributed by atoms with Crippen LogP contribution in [-0.2, 0) is 15.8 Å². The van der Waals surface area contributed by atoms with Gasteiger partial charge in [0.05, 0.1) is 19.0 Å². The van der Waals surface area contributed by atoms with Crippen molar-refractivity contribution in [1.29, 1.82) is 0 Å². The lowest BCUT2D eigenvalue weighted by molar-refractivity contribution is -0.119. The maximum Gasteiger partial charge on any atom is 0.239 e. The summed E-state index contributed by atoms with van der Waals surface area (Å²) in [6.45, 7) is 6.79. The van der Waals surface area contributed by atoms with Crippen LogP contribution in [0.2, 0.25) is 5.02 Å². The average molecular weight is 529 g/mol. The number of carbonyl (C=O) groups excluding carboxylic acids is 1. The maximum absolute atomic E-state index is 12.8. The highest BCUT2D eigenvalue weighted by Gasteiger charge is 2.22. The third-order valence-corrected chi connectivity index (χ3v) is 7.79. The Bertz CT molecular complexity index is 1320. The highest BCUT2D eigenvalue weighted by Crippen LogP contribution is 2.39. The Morgan fingerprint density at radius 1 is 1.11 bits per heavy atom. The number of pyridine rings is 1. The van der Waals surface area contributed by atoms with E-state index in [-0.39, 0.29) is 5.78 Å². The highest BCUT2D eigenvalue weighted by molar-refractivity contribution is 7.70. The zero-order chi connectivity index (χ0) is 25.9. The normalized spacial score (nSPS) is 14.0. The van der Waals surface area contributed by atoms with Crippen LogP contribution in [0.5, 0.6) is 5.88 Å². The van der Waals surface area contributed by atoms with E-state index in [1.807, 2.05) is 30.3 Å². The number of Topliss-reactive ketones (excluding diaryl/α,β-unsaturated/α-hetero) is 1. The first-order chi connectivity index (χ1) is 17.2. The van der Waals surface area contributed by atoms with Crippen molar-refractivity contribution < 1.29 is 14.1 Å². The van der Waals surface area contributed by atoms with Crippen LogP contribution in [0.3, 0.4) is 0 Å². The molecule has 4 rings (SSSR count). The lowest BCUT2D eigenvalue weighted by atomic mass is 10.1. The third kappa shape index (κ3) is 5.79. The zero-order valence-electron chi connectivity index (χ0n) is 20.8. The van der Waals surface area contributed by atoms with Gasteiger partial charge in [-0.05, 0) is 43.5 Å². The highest BCUT2D eigenvalue weighted by atomic mass is 35.5. The number of hydrogen-bond acceptors (Lipinski definition) is 9. The first-order valence-electron chi connectivity index (χ1n) is 11.7. The second-order valence-corrected chi connectivity index (χ2v) is 12.5. The summed E-state index contributed by atoms with van der Waals surface area (Å²) < 4.78 is 18.3. The van der Waals surface area contributed by atoms with Crippen molar-refractivity contribution in [2.75, 3.05) is 49.1 Å². The smallest absolute Gasteiger partial charge is 0.239 e. The van der Waals surface area contributed by atoms with E-state index >= 15 is 0 Å². The van der Waals surface area contributed by atoms with Gasteiger partial charge in [0.2, 0.25) is 11.8 Å². The van der Waals surface area contributed by atoms with Gasteiger partial charge in [0, 0.05) is 31.2 Å². The van der Waals surface area contributed by atoms with E-state index in [9.17, 15) is 9.36 Å². The Morgan fingerprint density at radius 2 is 1.83 bits per heavy atom. The number of anilines is 5. The number of halogens is 1. The first-order valence-corrected chi connectivity index (χ1v) is 14.7.